The summed E-state index contributed by atoms with van der Waals surface area (Å²) >= 11 is 0. The van der Waals surface area contributed by atoms with Gasteiger partial charge in [-0.05, 0) is 57.1 Å². The molecule has 0 saturated heterocycles. The number of fused-ring (bicyclic) bond motifs is 1. The zero-order chi connectivity index (χ0) is 19.5. The first-order valence-corrected chi connectivity index (χ1v) is 9.59. The van der Waals surface area contributed by atoms with Crippen LogP contribution < -0.4 is 10.6 Å². The van der Waals surface area contributed by atoms with Crippen molar-refractivity contribution >= 4 is 16.9 Å². The third-order valence-electron chi connectivity index (χ3n) is 4.41. The molecule has 0 aliphatic carbocycles. The van der Waals surface area contributed by atoms with Crippen molar-refractivity contribution in [2.75, 3.05) is 53.5 Å². The average Bonchev–Trinajstić information content (AvgIpc) is 3.05. The predicted octanol–water partition coefficient (Wildman–Crippen LogP) is 2.37. The fourth-order valence-corrected chi connectivity index (χ4v) is 2.91. The van der Waals surface area contributed by atoms with Crippen molar-refractivity contribution in [3.8, 4) is 0 Å². The largest absolute Gasteiger partial charge is 0.383 e. The summed E-state index contributed by atoms with van der Waals surface area (Å²) in [5, 5.41) is 7.72. The average molecular weight is 378 g/mol. The topological polar surface area (TPSA) is 64.7 Å². The second-order valence-electron chi connectivity index (χ2n) is 6.59. The van der Waals surface area contributed by atoms with Gasteiger partial charge in [-0.3, -0.25) is 4.99 Å². The zero-order valence-electron chi connectivity index (χ0n) is 16.6. The van der Waals surface area contributed by atoms with Gasteiger partial charge in [0.25, 0.3) is 0 Å². The van der Waals surface area contributed by atoms with Crippen molar-refractivity contribution in [1.29, 1.82) is 0 Å². The van der Waals surface area contributed by atoms with Gasteiger partial charge in [-0.2, -0.15) is 0 Å². The van der Waals surface area contributed by atoms with Crippen LogP contribution in [-0.4, -0.2) is 69.3 Å². The number of aromatic nitrogens is 1. The molecule has 0 aliphatic rings. The van der Waals surface area contributed by atoms with E-state index in [0.717, 1.165) is 69.0 Å². The van der Waals surface area contributed by atoms with E-state index in [9.17, 15) is 4.39 Å². The maximum absolute atomic E-state index is 13.3. The number of ether oxygens (including phenoxy) is 1. The molecule has 0 atom stereocenters. The predicted molar refractivity (Wildman–Crippen MR) is 110 cm³/mol. The summed E-state index contributed by atoms with van der Waals surface area (Å²) in [6.07, 6.45) is 3.80. The highest BCUT2D eigenvalue weighted by atomic mass is 19.1. The molecule has 2 aromatic rings. The number of rotatable bonds is 11. The quantitative estimate of drug-likeness (QED) is 0.320. The van der Waals surface area contributed by atoms with Crippen LogP contribution in [0.4, 0.5) is 4.39 Å². The maximum atomic E-state index is 13.3. The van der Waals surface area contributed by atoms with E-state index in [1.807, 2.05) is 12.3 Å². The standard InChI is InChI=1S/C20H32FN5O/c1-4-22-20(23-9-5-11-26(2)12-13-27-3)24-10-8-16-15-25-19-14-17(21)6-7-18(16)19/h6-7,14-15,25H,4-5,8-13H2,1-3H3,(H2,22,23,24). The van der Waals surface area contributed by atoms with E-state index in [4.69, 9.17) is 4.74 Å². The number of aromatic amines is 1. The molecule has 0 spiro atoms. The number of likely N-dealkylation sites (N-methyl/N-ethyl adjacent to an activating group) is 1. The van der Waals surface area contributed by atoms with Gasteiger partial charge in [-0.15, -0.1) is 0 Å². The molecular formula is C20H32FN5O. The Morgan fingerprint density at radius 3 is 2.93 bits per heavy atom. The summed E-state index contributed by atoms with van der Waals surface area (Å²) in [6.45, 7) is 7.12. The number of H-pyrrole nitrogens is 1. The SMILES string of the molecule is CCNC(=NCCCN(C)CCOC)NCCc1c[nH]c2cc(F)ccc12. The van der Waals surface area contributed by atoms with Crippen molar-refractivity contribution in [1.82, 2.24) is 20.5 Å². The molecule has 2 rings (SSSR count). The number of guanidine groups is 1. The van der Waals surface area contributed by atoms with E-state index in [1.54, 1.807) is 7.11 Å². The minimum Gasteiger partial charge on any atom is -0.383 e. The highest BCUT2D eigenvalue weighted by Crippen LogP contribution is 2.19. The van der Waals surface area contributed by atoms with E-state index in [2.05, 4.69) is 39.5 Å². The van der Waals surface area contributed by atoms with Crippen LogP contribution in [0.2, 0.25) is 0 Å². The van der Waals surface area contributed by atoms with E-state index in [0.29, 0.717) is 0 Å². The molecule has 7 heteroatoms. The third-order valence-corrected chi connectivity index (χ3v) is 4.41. The fourth-order valence-electron chi connectivity index (χ4n) is 2.91. The summed E-state index contributed by atoms with van der Waals surface area (Å²) in [4.78, 5) is 10.0. The van der Waals surface area contributed by atoms with Crippen molar-refractivity contribution in [3.63, 3.8) is 0 Å². The Bertz CT molecular complexity index is 715. The van der Waals surface area contributed by atoms with Crippen molar-refractivity contribution in [2.24, 2.45) is 4.99 Å². The first kappa shape index (κ1) is 21.2. The number of halogens is 1. The Morgan fingerprint density at radius 2 is 2.15 bits per heavy atom. The van der Waals surface area contributed by atoms with E-state index in [1.165, 1.54) is 17.7 Å². The maximum Gasteiger partial charge on any atom is 0.191 e. The van der Waals surface area contributed by atoms with Crippen LogP contribution in [0.3, 0.4) is 0 Å². The molecule has 1 aromatic carbocycles. The van der Waals surface area contributed by atoms with E-state index < -0.39 is 0 Å². The van der Waals surface area contributed by atoms with Crippen LogP contribution in [0.1, 0.15) is 18.9 Å². The molecule has 0 aliphatic heterocycles. The Morgan fingerprint density at radius 1 is 1.30 bits per heavy atom. The lowest BCUT2D eigenvalue weighted by Gasteiger charge is -2.15. The van der Waals surface area contributed by atoms with Crippen LogP contribution in [-0.2, 0) is 11.2 Å². The van der Waals surface area contributed by atoms with Crippen LogP contribution in [0.5, 0.6) is 0 Å². The molecule has 0 fully saturated rings. The van der Waals surface area contributed by atoms with Crippen LogP contribution in [0.25, 0.3) is 10.9 Å². The number of nitrogens with one attached hydrogen (secondary N) is 3. The van der Waals surface area contributed by atoms with Gasteiger partial charge in [0.15, 0.2) is 5.96 Å². The van der Waals surface area contributed by atoms with E-state index in [-0.39, 0.29) is 5.82 Å². The van der Waals surface area contributed by atoms with Gasteiger partial charge in [0, 0.05) is 50.4 Å². The summed E-state index contributed by atoms with van der Waals surface area (Å²) in [5.74, 6) is 0.617. The van der Waals surface area contributed by atoms with Gasteiger partial charge in [0.1, 0.15) is 5.82 Å². The molecule has 27 heavy (non-hydrogen) atoms. The highest BCUT2D eigenvalue weighted by Gasteiger charge is 2.05. The van der Waals surface area contributed by atoms with Crippen molar-refractivity contribution in [2.45, 2.75) is 19.8 Å². The van der Waals surface area contributed by atoms with Crippen molar-refractivity contribution in [3.05, 3.63) is 35.8 Å². The number of aliphatic imine (C=N–C) groups is 1. The molecule has 0 unspecified atom stereocenters. The Hall–Kier alpha value is -2.12. The molecule has 0 bridgehead atoms. The summed E-state index contributed by atoms with van der Waals surface area (Å²) in [7, 11) is 3.82. The van der Waals surface area contributed by atoms with Crippen LogP contribution in [0, 0.1) is 5.82 Å². The normalized spacial score (nSPS) is 12.1. The molecule has 1 aromatic heterocycles. The number of hydrogen-bond donors (Lipinski definition) is 3. The smallest absolute Gasteiger partial charge is 0.191 e. The number of methoxy groups -OCH3 is 1. The third kappa shape index (κ3) is 7.19. The Balaban J connectivity index is 1.77. The molecule has 0 amide bonds. The molecule has 150 valence electrons. The Labute approximate surface area is 161 Å². The molecule has 6 nitrogen and oxygen atoms in total. The molecule has 3 N–H and O–H groups in total. The zero-order valence-corrected chi connectivity index (χ0v) is 16.6. The van der Waals surface area contributed by atoms with Crippen LogP contribution >= 0.6 is 0 Å². The fraction of sp³-hybridized carbons (Fsp3) is 0.550. The second kappa shape index (κ2) is 11.6. The minimum atomic E-state index is -0.219. The van der Waals surface area contributed by atoms with Gasteiger partial charge < -0.3 is 25.3 Å². The first-order chi connectivity index (χ1) is 13.1. The Kier molecular flexibility index (Phi) is 9.07. The summed E-state index contributed by atoms with van der Waals surface area (Å²) in [5.41, 5.74) is 2.01. The lowest BCUT2D eigenvalue weighted by atomic mass is 10.1. The lowest BCUT2D eigenvalue weighted by Crippen LogP contribution is -2.38. The molecule has 0 saturated carbocycles. The first-order valence-electron chi connectivity index (χ1n) is 9.59. The molecule has 1 heterocycles. The summed E-state index contributed by atoms with van der Waals surface area (Å²) in [6, 6.07) is 4.86. The number of hydrogen-bond acceptors (Lipinski definition) is 3. The minimum absolute atomic E-state index is 0.219. The summed E-state index contributed by atoms with van der Waals surface area (Å²) < 4.78 is 18.4. The molecule has 0 radical (unpaired) electrons. The second-order valence-corrected chi connectivity index (χ2v) is 6.59. The van der Waals surface area contributed by atoms with E-state index >= 15 is 0 Å². The number of benzene rings is 1. The van der Waals surface area contributed by atoms with Gasteiger partial charge in [-0.25, -0.2) is 4.39 Å². The van der Waals surface area contributed by atoms with Gasteiger partial charge in [0.2, 0.25) is 0 Å². The van der Waals surface area contributed by atoms with Gasteiger partial charge >= 0.3 is 0 Å². The monoisotopic (exact) mass is 377 g/mol. The molecular weight excluding hydrogens is 345 g/mol. The van der Waals surface area contributed by atoms with Gasteiger partial charge in [0.05, 0.1) is 6.61 Å². The van der Waals surface area contributed by atoms with Crippen molar-refractivity contribution < 1.29 is 9.13 Å². The number of nitrogens with zero attached hydrogens (tertiary/aromatic N) is 2. The van der Waals surface area contributed by atoms with Gasteiger partial charge in [-0.1, -0.05) is 0 Å². The lowest BCUT2D eigenvalue weighted by molar-refractivity contribution is 0.161. The highest BCUT2D eigenvalue weighted by molar-refractivity contribution is 5.83. The van der Waals surface area contributed by atoms with Crippen LogP contribution in [0.15, 0.2) is 29.4 Å².